The maximum atomic E-state index is 12.2. The molecule has 0 bridgehead atoms. The minimum atomic E-state index is -0.553. The molecular weight excluding hydrogens is 290 g/mol. The highest BCUT2D eigenvalue weighted by molar-refractivity contribution is 7.12. The van der Waals surface area contributed by atoms with Crippen LogP contribution >= 0.6 is 11.3 Å². The number of thiophene rings is 1. The van der Waals surface area contributed by atoms with E-state index in [-0.39, 0.29) is 23.0 Å². The second kappa shape index (κ2) is 5.92. The number of nitro benzene ring substituents is 1. The number of hydrogen-bond acceptors (Lipinski definition) is 5. The molecule has 7 heteroatoms. The fourth-order valence-electron chi connectivity index (χ4n) is 1.89. The van der Waals surface area contributed by atoms with E-state index in [4.69, 9.17) is 5.73 Å². The van der Waals surface area contributed by atoms with Crippen molar-refractivity contribution < 1.29 is 9.72 Å². The summed E-state index contributed by atoms with van der Waals surface area (Å²) < 4.78 is 0. The molecule has 21 heavy (non-hydrogen) atoms. The second-order valence-corrected chi connectivity index (χ2v) is 5.99. The largest absolute Gasteiger partial charge is 0.398 e. The van der Waals surface area contributed by atoms with E-state index in [2.05, 4.69) is 5.32 Å². The van der Waals surface area contributed by atoms with Crippen molar-refractivity contribution in [3.8, 4) is 0 Å². The first-order valence-corrected chi connectivity index (χ1v) is 7.11. The molecule has 6 nitrogen and oxygen atoms in total. The summed E-state index contributed by atoms with van der Waals surface area (Å²) in [6, 6.07) is 7.57. The molecule has 1 aromatic heterocycles. The van der Waals surface area contributed by atoms with Crippen molar-refractivity contribution in [1.82, 2.24) is 5.32 Å². The summed E-state index contributed by atoms with van der Waals surface area (Å²) in [5.41, 5.74) is 5.90. The van der Waals surface area contributed by atoms with Crippen LogP contribution in [0, 0.1) is 17.0 Å². The zero-order valence-electron chi connectivity index (χ0n) is 11.6. The number of non-ortho nitro benzene ring substituents is 1. The predicted molar refractivity (Wildman–Crippen MR) is 82.4 cm³/mol. The fraction of sp³-hybridized carbons (Fsp3) is 0.214. The average molecular weight is 305 g/mol. The van der Waals surface area contributed by atoms with Crippen LogP contribution in [0.2, 0.25) is 0 Å². The average Bonchev–Trinajstić information content (AvgIpc) is 2.85. The lowest BCUT2D eigenvalue weighted by atomic mass is 10.1. The van der Waals surface area contributed by atoms with Crippen molar-refractivity contribution >= 4 is 28.6 Å². The highest BCUT2D eigenvalue weighted by atomic mass is 32.1. The third-order valence-corrected chi connectivity index (χ3v) is 4.21. The molecule has 0 saturated heterocycles. The number of amides is 1. The number of carbonyl (C=O) groups is 1. The Bertz CT molecular complexity index is 697. The number of aryl methyl sites for hydroxylation is 1. The zero-order chi connectivity index (χ0) is 15.6. The van der Waals surface area contributed by atoms with E-state index in [1.807, 2.05) is 26.0 Å². The van der Waals surface area contributed by atoms with Crippen molar-refractivity contribution in [2.45, 2.75) is 19.9 Å². The Morgan fingerprint density at radius 3 is 2.67 bits per heavy atom. The van der Waals surface area contributed by atoms with Gasteiger partial charge >= 0.3 is 0 Å². The van der Waals surface area contributed by atoms with Crippen LogP contribution < -0.4 is 11.1 Å². The van der Waals surface area contributed by atoms with Gasteiger partial charge in [0.25, 0.3) is 11.6 Å². The van der Waals surface area contributed by atoms with Crippen LogP contribution in [0.15, 0.2) is 30.3 Å². The Balaban J connectivity index is 2.20. The normalized spacial score (nSPS) is 11.9. The van der Waals surface area contributed by atoms with Gasteiger partial charge in [-0.05, 0) is 32.0 Å². The number of hydrogen-bond donors (Lipinski definition) is 2. The maximum Gasteiger partial charge on any atom is 0.270 e. The van der Waals surface area contributed by atoms with E-state index in [1.165, 1.54) is 18.2 Å². The van der Waals surface area contributed by atoms with Crippen molar-refractivity contribution in [2.75, 3.05) is 5.73 Å². The molecule has 0 aliphatic carbocycles. The number of nitrogen functional groups attached to an aromatic ring is 1. The SMILES string of the molecule is Cc1ccc(C(C)NC(=O)c2cc([N+](=O)[O-])ccc2N)s1. The quantitative estimate of drug-likeness (QED) is 0.515. The number of nitrogens with one attached hydrogen (secondary N) is 1. The van der Waals surface area contributed by atoms with E-state index in [1.54, 1.807) is 11.3 Å². The zero-order valence-corrected chi connectivity index (χ0v) is 12.4. The number of anilines is 1. The Hall–Kier alpha value is -2.41. The number of nitro groups is 1. The number of nitrogens with zero attached hydrogens (tertiary/aromatic N) is 1. The summed E-state index contributed by atoms with van der Waals surface area (Å²) in [4.78, 5) is 24.6. The molecule has 1 amide bonds. The molecule has 1 aromatic carbocycles. The molecule has 1 unspecified atom stereocenters. The van der Waals surface area contributed by atoms with Crippen molar-refractivity contribution in [2.24, 2.45) is 0 Å². The van der Waals surface area contributed by atoms with E-state index >= 15 is 0 Å². The number of rotatable bonds is 4. The topological polar surface area (TPSA) is 98.3 Å². The summed E-state index contributed by atoms with van der Waals surface area (Å²) in [5, 5.41) is 13.6. The van der Waals surface area contributed by atoms with Gasteiger partial charge in [-0.15, -0.1) is 11.3 Å². The molecule has 0 aliphatic heterocycles. The maximum absolute atomic E-state index is 12.2. The summed E-state index contributed by atoms with van der Waals surface area (Å²) in [6.07, 6.45) is 0. The van der Waals surface area contributed by atoms with Gasteiger partial charge in [-0.2, -0.15) is 0 Å². The lowest BCUT2D eigenvalue weighted by Gasteiger charge is -2.13. The predicted octanol–water partition coefficient (Wildman–Crippen LogP) is 3.04. The lowest BCUT2D eigenvalue weighted by Crippen LogP contribution is -2.27. The molecule has 0 aliphatic rings. The highest BCUT2D eigenvalue weighted by Crippen LogP contribution is 2.24. The van der Waals surface area contributed by atoms with Gasteiger partial charge in [-0.1, -0.05) is 0 Å². The second-order valence-electron chi connectivity index (χ2n) is 4.67. The van der Waals surface area contributed by atoms with Gasteiger partial charge in [-0.25, -0.2) is 0 Å². The van der Waals surface area contributed by atoms with Crippen LogP contribution in [0.25, 0.3) is 0 Å². The van der Waals surface area contributed by atoms with Crippen LogP contribution in [-0.2, 0) is 0 Å². The Kier molecular flexibility index (Phi) is 4.23. The standard InChI is InChI=1S/C14H15N3O3S/c1-8-3-6-13(21-8)9(2)16-14(18)11-7-10(17(19)20)4-5-12(11)15/h3-7,9H,15H2,1-2H3,(H,16,18). The molecule has 0 spiro atoms. The van der Waals surface area contributed by atoms with E-state index in [0.29, 0.717) is 0 Å². The van der Waals surface area contributed by atoms with Crippen LogP contribution in [0.3, 0.4) is 0 Å². The Labute approximate surface area is 125 Å². The monoisotopic (exact) mass is 305 g/mol. The smallest absolute Gasteiger partial charge is 0.270 e. The first-order valence-electron chi connectivity index (χ1n) is 6.29. The van der Waals surface area contributed by atoms with E-state index in [0.717, 1.165) is 9.75 Å². The minimum absolute atomic E-state index is 0.115. The molecule has 2 rings (SSSR count). The van der Waals surface area contributed by atoms with Crippen LogP contribution in [-0.4, -0.2) is 10.8 Å². The summed E-state index contributed by atoms with van der Waals surface area (Å²) >= 11 is 1.59. The van der Waals surface area contributed by atoms with Gasteiger partial charge in [0.1, 0.15) is 0 Å². The summed E-state index contributed by atoms with van der Waals surface area (Å²) in [5.74, 6) is -0.422. The van der Waals surface area contributed by atoms with Crippen LogP contribution in [0.5, 0.6) is 0 Å². The minimum Gasteiger partial charge on any atom is -0.398 e. The third kappa shape index (κ3) is 3.38. The molecule has 0 fully saturated rings. The van der Waals surface area contributed by atoms with Crippen molar-refractivity contribution in [1.29, 1.82) is 0 Å². The molecule has 2 aromatic rings. The van der Waals surface area contributed by atoms with Crippen molar-refractivity contribution in [3.05, 3.63) is 55.8 Å². The molecule has 0 saturated carbocycles. The van der Waals surface area contributed by atoms with Crippen molar-refractivity contribution in [3.63, 3.8) is 0 Å². The third-order valence-electron chi connectivity index (χ3n) is 3.03. The molecule has 3 N–H and O–H groups in total. The van der Waals surface area contributed by atoms with Gasteiger partial charge in [0.2, 0.25) is 0 Å². The Morgan fingerprint density at radius 2 is 2.10 bits per heavy atom. The molecule has 1 atom stereocenters. The highest BCUT2D eigenvalue weighted by Gasteiger charge is 2.18. The van der Waals surface area contributed by atoms with E-state index < -0.39 is 10.8 Å². The molecular formula is C14H15N3O3S. The number of benzene rings is 1. The number of nitrogens with two attached hydrogens (primary N) is 1. The fourth-order valence-corrected chi connectivity index (χ4v) is 2.77. The first-order chi connectivity index (χ1) is 9.88. The summed E-state index contributed by atoms with van der Waals surface area (Å²) in [6.45, 7) is 3.85. The Morgan fingerprint density at radius 1 is 1.38 bits per heavy atom. The molecule has 110 valence electrons. The van der Waals surface area contributed by atoms with Gasteiger partial charge in [0, 0.05) is 27.6 Å². The molecule has 1 heterocycles. The van der Waals surface area contributed by atoms with Gasteiger partial charge < -0.3 is 11.1 Å². The van der Waals surface area contributed by atoms with Gasteiger partial charge in [-0.3, -0.25) is 14.9 Å². The van der Waals surface area contributed by atoms with Gasteiger partial charge in [0.05, 0.1) is 16.5 Å². The number of carbonyl (C=O) groups excluding carboxylic acids is 1. The van der Waals surface area contributed by atoms with Gasteiger partial charge in [0.15, 0.2) is 0 Å². The lowest BCUT2D eigenvalue weighted by molar-refractivity contribution is -0.384. The van der Waals surface area contributed by atoms with Crippen LogP contribution in [0.1, 0.15) is 33.1 Å². The van der Waals surface area contributed by atoms with Crippen LogP contribution in [0.4, 0.5) is 11.4 Å². The molecule has 0 radical (unpaired) electrons. The summed E-state index contributed by atoms with van der Waals surface area (Å²) in [7, 11) is 0. The van der Waals surface area contributed by atoms with E-state index in [9.17, 15) is 14.9 Å². The first kappa shape index (κ1) is 15.0.